The van der Waals surface area contributed by atoms with E-state index in [0.717, 1.165) is 25.7 Å². The van der Waals surface area contributed by atoms with E-state index in [4.69, 9.17) is 9.47 Å². The molecule has 2 N–H and O–H groups in total. The summed E-state index contributed by atoms with van der Waals surface area (Å²) in [5.41, 5.74) is 1.90. The van der Waals surface area contributed by atoms with Crippen molar-refractivity contribution in [3.8, 4) is 11.5 Å². The number of ether oxygens (including phenoxy) is 2. The molecule has 0 bridgehead atoms. The Balaban J connectivity index is 1.50. The number of benzene rings is 2. The number of carboxylic acids is 1. The second-order valence-corrected chi connectivity index (χ2v) is 9.79. The van der Waals surface area contributed by atoms with Gasteiger partial charge in [0.1, 0.15) is 0 Å². The van der Waals surface area contributed by atoms with Crippen LogP contribution in [0.2, 0.25) is 0 Å². The first-order valence-electron chi connectivity index (χ1n) is 12.0. The number of hydrazone groups is 1. The summed E-state index contributed by atoms with van der Waals surface area (Å²) in [6, 6.07) is 9.64. The highest BCUT2D eigenvalue weighted by atomic mass is 79.9. The Kier molecular flexibility index (Phi) is 8.27. The summed E-state index contributed by atoms with van der Waals surface area (Å²) < 4.78 is 11.9. The molecule has 1 heterocycles. The van der Waals surface area contributed by atoms with E-state index in [-0.39, 0.29) is 30.0 Å². The Bertz CT molecular complexity index is 1280. The third-order valence-electron chi connectivity index (χ3n) is 6.31. The number of carbonyl (C=O) groups excluding carboxylic acids is 2. The molecule has 1 aliphatic carbocycles. The number of halogens is 1. The molecular formula is C27H28BrN3O6. The lowest BCUT2D eigenvalue weighted by Crippen LogP contribution is -2.39. The maximum Gasteiger partial charge on any atom is 0.335 e. The molecule has 2 amide bonds. The molecule has 0 atom stereocenters. The Morgan fingerprint density at radius 2 is 1.95 bits per heavy atom. The van der Waals surface area contributed by atoms with Gasteiger partial charge in [-0.25, -0.2) is 4.79 Å². The molecule has 1 fully saturated rings. The van der Waals surface area contributed by atoms with E-state index in [0.29, 0.717) is 38.5 Å². The second kappa shape index (κ2) is 11.6. The average Bonchev–Trinajstić information content (AvgIpc) is 3.17. The number of nitrogens with zero attached hydrogens (tertiary/aromatic N) is 2. The van der Waals surface area contributed by atoms with Crippen LogP contribution in [0.5, 0.6) is 11.5 Å². The molecule has 2 aliphatic rings. The van der Waals surface area contributed by atoms with E-state index in [1.165, 1.54) is 30.7 Å². The van der Waals surface area contributed by atoms with Gasteiger partial charge in [0.05, 0.1) is 29.6 Å². The third kappa shape index (κ3) is 6.19. The average molecular weight is 570 g/mol. The summed E-state index contributed by atoms with van der Waals surface area (Å²) in [7, 11) is 1.50. The lowest BCUT2D eigenvalue weighted by Gasteiger charge is -2.22. The molecule has 9 nitrogen and oxygen atoms in total. The van der Waals surface area contributed by atoms with Gasteiger partial charge in [-0.2, -0.15) is 10.1 Å². The Morgan fingerprint density at radius 3 is 2.65 bits per heavy atom. The van der Waals surface area contributed by atoms with Gasteiger partial charge in [0.15, 0.2) is 18.1 Å². The number of carbonyl (C=O) groups is 3. The van der Waals surface area contributed by atoms with Crippen LogP contribution >= 0.6 is 15.9 Å². The summed E-state index contributed by atoms with van der Waals surface area (Å²) in [5, 5.41) is 17.8. The smallest absolute Gasteiger partial charge is 0.335 e. The van der Waals surface area contributed by atoms with Crippen molar-refractivity contribution in [3.05, 3.63) is 57.6 Å². The van der Waals surface area contributed by atoms with Crippen molar-refractivity contribution in [1.82, 2.24) is 5.32 Å². The number of hydrogen-bond donors (Lipinski definition) is 2. The van der Waals surface area contributed by atoms with Crippen molar-refractivity contribution < 1.29 is 29.0 Å². The van der Waals surface area contributed by atoms with Crippen LogP contribution in [0.3, 0.4) is 0 Å². The van der Waals surface area contributed by atoms with Crippen LogP contribution in [-0.4, -0.2) is 48.4 Å². The molecule has 1 saturated carbocycles. The highest BCUT2D eigenvalue weighted by Gasteiger charge is 2.29. The molecule has 0 spiro atoms. The van der Waals surface area contributed by atoms with Crippen molar-refractivity contribution >= 4 is 51.2 Å². The predicted octanol–water partition coefficient (Wildman–Crippen LogP) is 4.79. The number of amides is 2. The van der Waals surface area contributed by atoms with Crippen LogP contribution in [0.15, 0.2) is 51.5 Å². The molecular weight excluding hydrogens is 542 g/mol. The largest absolute Gasteiger partial charge is 0.493 e. The molecule has 0 radical (unpaired) electrons. The van der Waals surface area contributed by atoms with Crippen LogP contribution in [0.4, 0.5) is 5.69 Å². The van der Waals surface area contributed by atoms with Gasteiger partial charge in [-0.05, 0) is 61.7 Å². The lowest BCUT2D eigenvalue weighted by molar-refractivity contribution is -0.124. The number of nitrogens with one attached hydrogen (secondary N) is 1. The van der Waals surface area contributed by atoms with Crippen LogP contribution in [0.25, 0.3) is 6.08 Å². The van der Waals surface area contributed by atoms with Gasteiger partial charge in [-0.1, -0.05) is 41.3 Å². The van der Waals surface area contributed by atoms with Crippen molar-refractivity contribution in [2.45, 2.75) is 45.1 Å². The fourth-order valence-electron chi connectivity index (χ4n) is 4.38. The quantitative estimate of drug-likeness (QED) is 0.441. The Hall–Kier alpha value is -3.66. The minimum Gasteiger partial charge on any atom is -0.493 e. The highest BCUT2D eigenvalue weighted by molar-refractivity contribution is 9.10. The van der Waals surface area contributed by atoms with Crippen molar-refractivity contribution in [2.75, 3.05) is 18.7 Å². The van der Waals surface area contributed by atoms with E-state index in [1.807, 2.05) is 0 Å². The predicted molar refractivity (Wildman–Crippen MR) is 143 cm³/mol. The zero-order valence-electron chi connectivity index (χ0n) is 20.6. The van der Waals surface area contributed by atoms with Gasteiger partial charge in [-0.3, -0.25) is 9.59 Å². The summed E-state index contributed by atoms with van der Waals surface area (Å²) in [6.45, 7) is 1.58. The standard InChI is InChI=1S/C27H28BrN3O6/c1-16-21(26(33)31(30-16)20-10-6-7-17(11-20)27(34)35)12-18-13-23(36-2)24(14-22(18)28)37-15-25(32)29-19-8-4-3-5-9-19/h6-7,10-14,19H,3-5,8-9,15H2,1-2H3,(H,29,32)(H,34,35). The molecule has 2 aromatic carbocycles. The Labute approximate surface area is 223 Å². The molecule has 10 heteroatoms. The molecule has 0 aromatic heterocycles. The molecule has 37 heavy (non-hydrogen) atoms. The first-order valence-corrected chi connectivity index (χ1v) is 12.8. The van der Waals surface area contributed by atoms with Gasteiger partial charge in [0.2, 0.25) is 0 Å². The molecule has 194 valence electrons. The SMILES string of the molecule is COc1cc(C=C2C(=O)N(c3cccc(C(=O)O)c3)N=C2C)c(Br)cc1OCC(=O)NC1CCCCC1. The molecule has 0 saturated heterocycles. The van der Waals surface area contributed by atoms with Crippen LogP contribution in [-0.2, 0) is 9.59 Å². The molecule has 2 aromatic rings. The van der Waals surface area contributed by atoms with Crippen LogP contribution < -0.4 is 19.8 Å². The van der Waals surface area contributed by atoms with Gasteiger partial charge in [-0.15, -0.1) is 0 Å². The number of rotatable bonds is 8. The van der Waals surface area contributed by atoms with E-state index >= 15 is 0 Å². The van der Waals surface area contributed by atoms with Gasteiger partial charge < -0.3 is 19.9 Å². The van der Waals surface area contributed by atoms with Crippen molar-refractivity contribution in [1.29, 1.82) is 0 Å². The van der Waals surface area contributed by atoms with Gasteiger partial charge in [0.25, 0.3) is 11.8 Å². The summed E-state index contributed by atoms with van der Waals surface area (Å²) in [6.07, 6.45) is 7.13. The summed E-state index contributed by atoms with van der Waals surface area (Å²) in [5.74, 6) is -0.843. The number of hydrogen-bond acceptors (Lipinski definition) is 6. The van der Waals surface area contributed by atoms with Crippen LogP contribution in [0.1, 0.15) is 54.9 Å². The third-order valence-corrected chi connectivity index (χ3v) is 7.00. The number of anilines is 1. The summed E-state index contributed by atoms with van der Waals surface area (Å²) >= 11 is 3.52. The highest BCUT2D eigenvalue weighted by Crippen LogP contribution is 2.36. The molecule has 0 unspecified atom stereocenters. The minimum atomic E-state index is -1.09. The number of aromatic carboxylic acids is 1. The maximum absolute atomic E-state index is 13.2. The minimum absolute atomic E-state index is 0.0612. The molecule has 4 rings (SSSR count). The van der Waals surface area contributed by atoms with E-state index in [2.05, 4.69) is 26.3 Å². The van der Waals surface area contributed by atoms with E-state index in [1.54, 1.807) is 37.3 Å². The Morgan fingerprint density at radius 1 is 1.19 bits per heavy atom. The normalized spacial score (nSPS) is 17.1. The molecule has 1 aliphatic heterocycles. The topological polar surface area (TPSA) is 118 Å². The zero-order valence-corrected chi connectivity index (χ0v) is 22.2. The maximum atomic E-state index is 13.2. The summed E-state index contributed by atoms with van der Waals surface area (Å²) in [4.78, 5) is 36.8. The first-order chi connectivity index (χ1) is 17.8. The second-order valence-electron chi connectivity index (χ2n) is 8.93. The zero-order chi connectivity index (χ0) is 26.5. The van der Waals surface area contributed by atoms with Crippen molar-refractivity contribution in [2.24, 2.45) is 5.10 Å². The van der Waals surface area contributed by atoms with Gasteiger partial charge >= 0.3 is 5.97 Å². The fourth-order valence-corrected chi connectivity index (χ4v) is 4.82. The van der Waals surface area contributed by atoms with E-state index < -0.39 is 5.97 Å². The van der Waals surface area contributed by atoms with Crippen LogP contribution in [0, 0.1) is 0 Å². The monoisotopic (exact) mass is 569 g/mol. The number of carboxylic acid groups (broad SMARTS) is 1. The van der Waals surface area contributed by atoms with E-state index in [9.17, 15) is 19.5 Å². The number of methoxy groups -OCH3 is 1. The fraction of sp³-hybridized carbons (Fsp3) is 0.333. The van der Waals surface area contributed by atoms with Crippen molar-refractivity contribution in [3.63, 3.8) is 0 Å². The first kappa shape index (κ1) is 26.4. The lowest BCUT2D eigenvalue weighted by atomic mass is 9.95. The van der Waals surface area contributed by atoms with Gasteiger partial charge in [0, 0.05) is 10.5 Å².